The molecule has 0 aromatic rings. The summed E-state index contributed by atoms with van der Waals surface area (Å²) in [6.45, 7) is 4.03. The maximum absolute atomic E-state index is 4.05. The van der Waals surface area contributed by atoms with Crippen molar-refractivity contribution in [1.82, 2.24) is 5.01 Å². The van der Waals surface area contributed by atoms with Crippen LogP contribution in [-0.4, -0.2) is 18.3 Å². The summed E-state index contributed by atoms with van der Waals surface area (Å²) in [7, 11) is 1.91. The molecule has 0 radical (unpaired) electrons. The van der Waals surface area contributed by atoms with Gasteiger partial charge in [-0.3, -0.25) is 5.01 Å². The van der Waals surface area contributed by atoms with Gasteiger partial charge in [0, 0.05) is 19.5 Å². The first-order valence-electron chi connectivity index (χ1n) is 3.19. The van der Waals surface area contributed by atoms with Crippen molar-refractivity contribution in [3.63, 3.8) is 0 Å². The second kappa shape index (κ2) is 5.35. The van der Waals surface area contributed by atoms with Gasteiger partial charge < -0.3 is 0 Å². The van der Waals surface area contributed by atoms with E-state index in [4.69, 9.17) is 0 Å². The SMILES string of the molecule is CC=CN(C)N=CCC. The summed E-state index contributed by atoms with van der Waals surface area (Å²) in [5, 5.41) is 5.84. The van der Waals surface area contributed by atoms with E-state index < -0.39 is 0 Å². The lowest BCUT2D eigenvalue weighted by atomic mass is 10.5. The number of nitrogens with zero attached hydrogens (tertiary/aromatic N) is 2. The summed E-state index contributed by atoms with van der Waals surface area (Å²) in [6.07, 6.45) is 6.72. The smallest absolute Gasteiger partial charge is 0.0296 e. The fourth-order valence-corrected chi connectivity index (χ4v) is 0.465. The van der Waals surface area contributed by atoms with E-state index in [2.05, 4.69) is 12.0 Å². The lowest BCUT2D eigenvalue weighted by Crippen LogP contribution is -1.99. The van der Waals surface area contributed by atoms with Gasteiger partial charge >= 0.3 is 0 Å². The number of hydrazone groups is 1. The Hall–Kier alpha value is -0.790. The fourth-order valence-electron chi connectivity index (χ4n) is 0.465. The molecule has 0 aliphatic carbocycles. The Morgan fingerprint density at radius 2 is 2.22 bits per heavy atom. The quantitative estimate of drug-likeness (QED) is 0.416. The van der Waals surface area contributed by atoms with Crippen molar-refractivity contribution < 1.29 is 0 Å². The highest BCUT2D eigenvalue weighted by Crippen LogP contribution is 1.83. The molecule has 52 valence electrons. The van der Waals surface area contributed by atoms with Crippen LogP contribution in [0.25, 0.3) is 0 Å². The van der Waals surface area contributed by atoms with E-state index in [1.165, 1.54) is 0 Å². The van der Waals surface area contributed by atoms with Crippen LogP contribution < -0.4 is 0 Å². The van der Waals surface area contributed by atoms with Crippen LogP contribution in [0.2, 0.25) is 0 Å². The van der Waals surface area contributed by atoms with Gasteiger partial charge in [0.25, 0.3) is 0 Å². The van der Waals surface area contributed by atoms with Gasteiger partial charge in [0.2, 0.25) is 0 Å². The summed E-state index contributed by atoms with van der Waals surface area (Å²) < 4.78 is 0. The standard InChI is InChI=1S/C7H14N2/c1-4-6-8-9(3)7-5-2/h5-7H,4H2,1-3H3. The highest BCUT2D eigenvalue weighted by atomic mass is 15.4. The largest absolute Gasteiger partial charge is 0.277 e. The van der Waals surface area contributed by atoms with Gasteiger partial charge in [-0.2, -0.15) is 5.10 Å². The van der Waals surface area contributed by atoms with Gasteiger partial charge in [-0.1, -0.05) is 13.0 Å². The van der Waals surface area contributed by atoms with Crippen LogP contribution in [0, 0.1) is 0 Å². The predicted octanol–water partition coefficient (Wildman–Crippen LogP) is 1.85. The third-order valence-corrected chi connectivity index (χ3v) is 0.811. The van der Waals surface area contributed by atoms with Crippen molar-refractivity contribution in [1.29, 1.82) is 0 Å². The van der Waals surface area contributed by atoms with Crippen LogP contribution in [0.3, 0.4) is 0 Å². The van der Waals surface area contributed by atoms with Gasteiger partial charge in [-0.25, -0.2) is 0 Å². The molecule has 2 nitrogen and oxygen atoms in total. The summed E-state index contributed by atoms with van der Waals surface area (Å²) in [6, 6.07) is 0. The van der Waals surface area contributed by atoms with Gasteiger partial charge in [0.05, 0.1) is 0 Å². The second-order valence-electron chi connectivity index (χ2n) is 1.76. The molecule has 0 aromatic heterocycles. The lowest BCUT2D eigenvalue weighted by molar-refractivity contribution is 0.491. The molecule has 0 aliphatic rings. The predicted molar refractivity (Wildman–Crippen MR) is 41.4 cm³/mol. The third-order valence-electron chi connectivity index (χ3n) is 0.811. The first-order chi connectivity index (χ1) is 4.31. The van der Waals surface area contributed by atoms with Gasteiger partial charge in [0.15, 0.2) is 0 Å². The van der Waals surface area contributed by atoms with E-state index >= 15 is 0 Å². The van der Waals surface area contributed by atoms with Crippen LogP contribution >= 0.6 is 0 Å². The Balaban J connectivity index is 3.48. The zero-order chi connectivity index (χ0) is 7.11. The average Bonchev–Trinajstić information content (AvgIpc) is 1.85. The molecule has 2 heteroatoms. The van der Waals surface area contributed by atoms with E-state index in [1.807, 2.05) is 32.5 Å². The summed E-state index contributed by atoms with van der Waals surface area (Å²) >= 11 is 0. The van der Waals surface area contributed by atoms with Gasteiger partial charge in [-0.15, -0.1) is 0 Å². The molecule has 0 rings (SSSR count). The van der Waals surface area contributed by atoms with Crippen molar-refractivity contribution in [3.8, 4) is 0 Å². The molecular weight excluding hydrogens is 112 g/mol. The van der Waals surface area contributed by atoms with Crippen LogP contribution in [0.15, 0.2) is 17.4 Å². The Morgan fingerprint density at radius 3 is 2.67 bits per heavy atom. The molecule has 0 atom stereocenters. The molecule has 0 saturated carbocycles. The van der Waals surface area contributed by atoms with Crippen molar-refractivity contribution >= 4 is 6.21 Å². The van der Waals surface area contributed by atoms with E-state index in [9.17, 15) is 0 Å². The summed E-state index contributed by atoms with van der Waals surface area (Å²) in [5.41, 5.74) is 0. The molecule has 0 N–H and O–H groups in total. The summed E-state index contributed by atoms with van der Waals surface area (Å²) in [4.78, 5) is 0. The first kappa shape index (κ1) is 8.21. The number of hydrogen-bond donors (Lipinski definition) is 0. The minimum absolute atomic E-state index is 0.988. The number of hydrogen-bond acceptors (Lipinski definition) is 2. The molecule has 0 aliphatic heterocycles. The molecule has 0 fully saturated rings. The monoisotopic (exact) mass is 126 g/mol. The van der Waals surface area contributed by atoms with Gasteiger partial charge in [-0.05, 0) is 13.3 Å². The zero-order valence-electron chi connectivity index (χ0n) is 6.33. The van der Waals surface area contributed by atoms with Crippen LogP contribution in [0.1, 0.15) is 20.3 Å². The number of rotatable bonds is 3. The normalized spacial score (nSPS) is 11.4. The topological polar surface area (TPSA) is 15.6 Å². The molecule has 0 bridgehead atoms. The van der Waals surface area contributed by atoms with Crippen molar-refractivity contribution in [3.05, 3.63) is 12.3 Å². The van der Waals surface area contributed by atoms with E-state index in [-0.39, 0.29) is 0 Å². The fraction of sp³-hybridized carbons (Fsp3) is 0.571. The number of allylic oxidation sites excluding steroid dienone is 1. The zero-order valence-corrected chi connectivity index (χ0v) is 6.33. The Labute approximate surface area is 56.9 Å². The van der Waals surface area contributed by atoms with Gasteiger partial charge in [0.1, 0.15) is 0 Å². The molecule has 0 amide bonds. The minimum Gasteiger partial charge on any atom is -0.277 e. The van der Waals surface area contributed by atoms with E-state index in [1.54, 1.807) is 5.01 Å². The Kier molecular flexibility index (Phi) is 4.88. The second-order valence-corrected chi connectivity index (χ2v) is 1.76. The average molecular weight is 126 g/mol. The minimum atomic E-state index is 0.988. The van der Waals surface area contributed by atoms with Crippen LogP contribution in [-0.2, 0) is 0 Å². The van der Waals surface area contributed by atoms with Crippen molar-refractivity contribution in [2.75, 3.05) is 7.05 Å². The molecule has 0 saturated heterocycles. The Bertz CT molecular complexity index is 105. The highest BCUT2D eigenvalue weighted by Gasteiger charge is 1.76. The maximum Gasteiger partial charge on any atom is 0.0296 e. The molecule has 0 unspecified atom stereocenters. The highest BCUT2D eigenvalue weighted by molar-refractivity contribution is 5.56. The van der Waals surface area contributed by atoms with Crippen LogP contribution in [0.4, 0.5) is 0 Å². The Morgan fingerprint density at radius 1 is 1.56 bits per heavy atom. The molecule has 0 heterocycles. The molecule has 9 heavy (non-hydrogen) atoms. The molecule has 0 aromatic carbocycles. The molecule has 0 spiro atoms. The lowest BCUT2D eigenvalue weighted by Gasteiger charge is -2.03. The third kappa shape index (κ3) is 5.07. The van der Waals surface area contributed by atoms with Crippen LogP contribution in [0.5, 0.6) is 0 Å². The van der Waals surface area contributed by atoms with E-state index in [0.29, 0.717) is 0 Å². The molecular formula is C7H14N2. The first-order valence-corrected chi connectivity index (χ1v) is 3.19. The summed E-state index contributed by atoms with van der Waals surface area (Å²) in [5.74, 6) is 0. The van der Waals surface area contributed by atoms with Crippen molar-refractivity contribution in [2.24, 2.45) is 5.10 Å². The van der Waals surface area contributed by atoms with E-state index in [0.717, 1.165) is 6.42 Å². The maximum atomic E-state index is 4.05. The van der Waals surface area contributed by atoms with Crippen molar-refractivity contribution in [2.45, 2.75) is 20.3 Å².